The maximum Gasteiger partial charge on any atom is 0.342 e. The molecule has 0 spiro atoms. The summed E-state index contributed by atoms with van der Waals surface area (Å²) in [5, 5.41) is 0. The Balaban J connectivity index is 2.02. The van der Waals surface area contributed by atoms with E-state index in [9.17, 15) is 4.79 Å². The number of carbonyl (C=O) groups is 1. The predicted octanol–water partition coefficient (Wildman–Crippen LogP) is 6.47. The average molecular weight is 398 g/mol. The van der Waals surface area contributed by atoms with E-state index in [2.05, 4.69) is 0 Å². The van der Waals surface area contributed by atoms with Gasteiger partial charge in [0.15, 0.2) is 0 Å². The van der Waals surface area contributed by atoms with Gasteiger partial charge in [-0.2, -0.15) is 0 Å². The van der Waals surface area contributed by atoms with Crippen molar-refractivity contribution in [2.45, 2.75) is 6.92 Å². The molecule has 0 radical (unpaired) electrons. The van der Waals surface area contributed by atoms with Gasteiger partial charge in [-0.05, 0) is 36.8 Å². The van der Waals surface area contributed by atoms with E-state index in [-0.39, 0.29) is 6.61 Å². The summed E-state index contributed by atoms with van der Waals surface area (Å²) in [6.07, 6.45) is 0. The fraction of sp³-hybridized carbons (Fsp3) is 0.115. The van der Waals surface area contributed by atoms with Gasteiger partial charge in [0.05, 0.1) is 13.7 Å². The highest BCUT2D eigenvalue weighted by atomic mass is 16.5. The van der Waals surface area contributed by atoms with Crippen LogP contribution in [0, 0.1) is 0 Å². The first-order valence-electron chi connectivity index (χ1n) is 9.82. The van der Waals surface area contributed by atoms with Crippen LogP contribution >= 0.6 is 0 Å². The molecular formula is C26H22O4. The molecule has 0 aliphatic heterocycles. The van der Waals surface area contributed by atoms with Gasteiger partial charge in [-0.25, -0.2) is 4.79 Å². The van der Waals surface area contributed by atoms with Gasteiger partial charge in [0.2, 0.25) is 0 Å². The summed E-state index contributed by atoms with van der Waals surface area (Å²) in [4.78, 5) is 13.1. The molecule has 4 nitrogen and oxygen atoms in total. The average Bonchev–Trinajstić information content (AvgIpc) is 3.21. The molecule has 0 fully saturated rings. The molecule has 4 heteroatoms. The molecule has 0 unspecified atom stereocenters. The zero-order valence-corrected chi connectivity index (χ0v) is 16.9. The minimum absolute atomic E-state index is 0.282. The molecule has 4 aromatic rings. The number of carbonyl (C=O) groups excluding carboxylic acids is 1. The number of ether oxygens (including phenoxy) is 2. The largest absolute Gasteiger partial charge is 0.497 e. The van der Waals surface area contributed by atoms with Crippen LogP contribution in [0.1, 0.15) is 17.3 Å². The van der Waals surface area contributed by atoms with Crippen molar-refractivity contribution >= 4 is 5.97 Å². The molecule has 0 bridgehead atoms. The van der Waals surface area contributed by atoms with E-state index < -0.39 is 5.97 Å². The van der Waals surface area contributed by atoms with Gasteiger partial charge in [-0.1, -0.05) is 60.7 Å². The molecular weight excluding hydrogens is 376 g/mol. The van der Waals surface area contributed by atoms with E-state index in [1.54, 1.807) is 14.0 Å². The van der Waals surface area contributed by atoms with Crippen molar-refractivity contribution < 1.29 is 18.7 Å². The highest BCUT2D eigenvalue weighted by molar-refractivity contribution is 6.06. The van der Waals surface area contributed by atoms with Gasteiger partial charge >= 0.3 is 5.97 Å². The molecule has 4 rings (SSSR count). The smallest absolute Gasteiger partial charge is 0.342 e. The maximum absolute atomic E-state index is 13.1. The van der Waals surface area contributed by atoms with Crippen LogP contribution in [0.4, 0.5) is 0 Å². The van der Waals surface area contributed by atoms with Crippen molar-refractivity contribution in [1.29, 1.82) is 0 Å². The molecule has 1 aromatic heterocycles. The molecule has 0 amide bonds. The normalized spacial score (nSPS) is 10.6. The van der Waals surface area contributed by atoms with Crippen molar-refractivity contribution in [3.8, 4) is 39.5 Å². The lowest BCUT2D eigenvalue weighted by Crippen LogP contribution is -2.06. The van der Waals surface area contributed by atoms with Gasteiger partial charge < -0.3 is 13.9 Å². The molecule has 0 aliphatic carbocycles. The Morgan fingerprint density at radius 1 is 0.767 bits per heavy atom. The number of benzene rings is 3. The van der Waals surface area contributed by atoms with Gasteiger partial charge in [0, 0.05) is 16.7 Å². The highest BCUT2D eigenvalue weighted by Gasteiger charge is 2.29. The third-order valence-electron chi connectivity index (χ3n) is 4.84. The van der Waals surface area contributed by atoms with Crippen LogP contribution in [-0.2, 0) is 4.74 Å². The van der Waals surface area contributed by atoms with Crippen LogP contribution in [0.25, 0.3) is 33.8 Å². The van der Waals surface area contributed by atoms with Crippen molar-refractivity contribution in [1.82, 2.24) is 0 Å². The van der Waals surface area contributed by atoms with Crippen LogP contribution in [0.15, 0.2) is 89.3 Å². The number of hydrogen-bond acceptors (Lipinski definition) is 4. The second kappa shape index (κ2) is 8.70. The summed E-state index contributed by atoms with van der Waals surface area (Å²) in [6.45, 7) is 2.08. The lowest BCUT2D eigenvalue weighted by molar-refractivity contribution is 0.0527. The van der Waals surface area contributed by atoms with Crippen LogP contribution in [0.5, 0.6) is 5.75 Å². The van der Waals surface area contributed by atoms with Gasteiger partial charge in [-0.15, -0.1) is 0 Å². The molecule has 1 heterocycles. The summed E-state index contributed by atoms with van der Waals surface area (Å²) >= 11 is 0. The number of hydrogen-bond donors (Lipinski definition) is 0. The number of furan rings is 1. The number of esters is 1. The topological polar surface area (TPSA) is 48.7 Å². The Hall–Kier alpha value is -3.79. The van der Waals surface area contributed by atoms with Crippen LogP contribution in [-0.4, -0.2) is 19.7 Å². The Morgan fingerprint density at radius 2 is 1.33 bits per heavy atom. The Morgan fingerprint density at radius 3 is 1.90 bits per heavy atom. The molecule has 0 saturated heterocycles. The zero-order chi connectivity index (χ0) is 20.9. The minimum atomic E-state index is -0.404. The molecule has 3 aromatic carbocycles. The minimum Gasteiger partial charge on any atom is -0.497 e. The first kappa shape index (κ1) is 19.5. The summed E-state index contributed by atoms with van der Waals surface area (Å²) in [5.41, 5.74) is 3.70. The van der Waals surface area contributed by atoms with E-state index in [0.717, 1.165) is 28.0 Å². The Kier molecular flexibility index (Phi) is 5.66. The quantitative estimate of drug-likeness (QED) is 0.349. The molecule has 30 heavy (non-hydrogen) atoms. The first-order chi connectivity index (χ1) is 14.7. The molecule has 0 aliphatic rings. The van der Waals surface area contributed by atoms with E-state index >= 15 is 0 Å². The maximum atomic E-state index is 13.1. The monoisotopic (exact) mass is 398 g/mol. The van der Waals surface area contributed by atoms with E-state index in [4.69, 9.17) is 13.9 Å². The fourth-order valence-corrected chi connectivity index (χ4v) is 3.45. The van der Waals surface area contributed by atoms with Gasteiger partial charge in [-0.3, -0.25) is 0 Å². The summed E-state index contributed by atoms with van der Waals surface area (Å²) in [5.74, 6) is 1.46. The molecule has 0 saturated carbocycles. The molecule has 0 N–H and O–H groups in total. The van der Waals surface area contributed by atoms with E-state index in [1.807, 2.05) is 84.9 Å². The number of methoxy groups -OCH3 is 1. The Bertz CT molecular complexity index is 1130. The van der Waals surface area contributed by atoms with Crippen molar-refractivity contribution in [2.75, 3.05) is 13.7 Å². The third-order valence-corrected chi connectivity index (χ3v) is 4.84. The summed E-state index contributed by atoms with van der Waals surface area (Å²) < 4.78 is 17.1. The van der Waals surface area contributed by atoms with Crippen LogP contribution in [0.2, 0.25) is 0 Å². The third kappa shape index (κ3) is 3.72. The van der Waals surface area contributed by atoms with Gasteiger partial charge in [0.1, 0.15) is 22.8 Å². The van der Waals surface area contributed by atoms with E-state index in [1.165, 1.54) is 0 Å². The highest BCUT2D eigenvalue weighted by Crippen LogP contribution is 2.43. The van der Waals surface area contributed by atoms with Gasteiger partial charge in [0.25, 0.3) is 0 Å². The lowest BCUT2D eigenvalue weighted by atomic mass is 9.95. The van der Waals surface area contributed by atoms with Crippen molar-refractivity contribution in [3.63, 3.8) is 0 Å². The standard InChI is InChI=1S/C26H22O4/c1-3-29-26(27)23-22(18-10-6-4-7-11-18)24(20-14-16-21(28-2)17-15-20)30-25(23)19-12-8-5-9-13-19/h4-17H,3H2,1-2H3. The second-order valence-electron chi connectivity index (χ2n) is 6.69. The van der Waals surface area contributed by atoms with Crippen molar-refractivity contribution in [3.05, 3.63) is 90.5 Å². The summed E-state index contributed by atoms with van der Waals surface area (Å²) in [7, 11) is 1.63. The lowest BCUT2D eigenvalue weighted by Gasteiger charge is -2.08. The predicted molar refractivity (Wildman–Crippen MR) is 118 cm³/mol. The van der Waals surface area contributed by atoms with Crippen molar-refractivity contribution in [2.24, 2.45) is 0 Å². The fourth-order valence-electron chi connectivity index (χ4n) is 3.45. The Labute approximate surface area is 175 Å². The van der Waals surface area contributed by atoms with E-state index in [0.29, 0.717) is 17.1 Å². The van der Waals surface area contributed by atoms with Crippen LogP contribution in [0.3, 0.4) is 0 Å². The van der Waals surface area contributed by atoms with Crippen LogP contribution < -0.4 is 4.74 Å². The zero-order valence-electron chi connectivity index (χ0n) is 16.9. The first-order valence-corrected chi connectivity index (χ1v) is 9.82. The number of rotatable bonds is 6. The molecule has 150 valence electrons. The summed E-state index contributed by atoms with van der Waals surface area (Å²) in [6, 6.07) is 27.0. The SMILES string of the molecule is CCOC(=O)c1c(-c2ccccc2)oc(-c2ccc(OC)cc2)c1-c1ccccc1. The second-order valence-corrected chi connectivity index (χ2v) is 6.69. The molecule has 0 atom stereocenters.